The monoisotopic (exact) mass is 596 g/mol. The number of pyridine rings is 1. The summed E-state index contributed by atoms with van der Waals surface area (Å²) in [6, 6.07) is 1.32. The summed E-state index contributed by atoms with van der Waals surface area (Å²) < 4.78 is 4.70. The molecule has 1 aliphatic rings. The maximum atomic E-state index is 12.2. The summed E-state index contributed by atoms with van der Waals surface area (Å²) in [6.07, 6.45) is -1.41. The van der Waals surface area contributed by atoms with Gasteiger partial charge in [-0.15, -0.1) is 0 Å². The zero-order chi connectivity index (χ0) is 31.2. The minimum atomic E-state index is -1.30. The second kappa shape index (κ2) is 17.0. The van der Waals surface area contributed by atoms with Gasteiger partial charge in [-0.3, -0.25) is 48.5 Å². The van der Waals surface area contributed by atoms with Gasteiger partial charge in [-0.05, 0) is 25.0 Å². The molecule has 2 rings (SSSR count). The van der Waals surface area contributed by atoms with Gasteiger partial charge in [-0.25, -0.2) is 0 Å². The number of ether oxygens (including phenoxy) is 1. The molecule has 0 fully saturated rings. The Hall–Kier alpha value is -4.15. The Morgan fingerprint density at radius 3 is 1.52 bits per heavy atom. The summed E-state index contributed by atoms with van der Waals surface area (Å²) in [5.74, 6) is -6.15. The lowest BCUT2D eigenvalue weighted by molar-refractivity contribution is -0.148. The molecule has 0 amide bonds. The highest BCUT2D eigenvalue weighted by Crippen LogP contribution is 2.18. The molecule has 3 atom stereocenters. The number of carboxylic acid groups (broad SMARTS) is 5. The lowest BCUT2D eigenvalue weighted by Gasteiger charge is -2.36. The van der Waals surface area contributed by atoms with Crippen LogP contribution >= 0.6 is 0 Å². The van der Waals surface area contributed by atoms with Gasteiger partial charge in [0, 0.05) is 58.5 Å². The topological polar surface area (TPSA) is 235 Å². The van der Waals surface area contributed by atoms with Crippen molar-refractivity contribution in [3.05, 3.63) is 29.6 Å². The first-order valence-electron chi connectivity index (χ1n) is 13.3. The van der Waals surface area contributed by atoms with Gasteiger partial charge in [0.25, 0.3) is 6.47 Å². The summed E-state index contributed by atoms with van der Waals surface area (Å²) >= 11 is 0. The maximum Gasteiger partial charge on any atom is 0.321 e. The molecule has 2 bridgehead atoms. The Morgan fingerprint density at radius 1 is 0.714 bits per heavy atom. The Bertz CT molecular complexity index is 1120. The van der Waals surface area contributed by atoms with Crippen LogP contribution in [-0.2, 0) is 46.6 Å². The van der Waals surface area contributed by atoms with Crippen LogP contribution < -0.4 is 0 Å². The normalized spacial score (nSPS) is 17.5. The van der Waals surface area contributed by atoms with Gasteiger partial charge in [-0.2, -0.15) is 0 Å². The number of fused-ring (bicyclic) bond motifs is 2. The highest BCUT2D eigenvalue weighted by molar-refractivity contribution is 5.76. The fraction of sp³-hybridized carbons (Fsp3) is 0.577. The van der Waals surface area contributed by atoms with Crippen LogP contribution in [0.3, 0.4) is 0 Å². The minimum Gasteiger partial charge on any atom is -0.481 e. The van der Waals surface area contributed by atoms with E-state index in [4.69, 9.17) is 9.84 Å². The molecule has 232 valence electrons. The summed E-state index contributed by atoms with van der Waals surface area (Å²) in [6.45, 7) is -0.102. The predicted octanol–water partition coefficient (Wildman–Crippen LogP) is -0.346. The highest BCUT2D eigenvalue weighted by atomic mass is 16.5. The van der Waals surface area contributed by atoms with Gasteiger partial charge in [0.05, 0.1) is 18.0 Å². The number of nitrogens with zero attached hydrogens (tertiary/aromatic N) is 4. The molecule has 16 nitrogen and oxygen atoms in total. The summed E-state index contributed by atoms with van der Waals surface area (Å²) in [5, 5.41) is 48.2. The van der Waals surface area contributed by atoms with Gasteiger partial charge in [-0.1, -0.05) is 6.07 Å². The van der Waals surface area contributed by atoms with E-state index in [1.54, 1.807) is 23.1 Å². The highest BCUT2D eigenvalue weighted by Gasteiger charge is 2.33. The summed E-state index contributed by atoms with van der Waals surface area (Å²) in [7, 11) is 0. The van der Waals surface area contributed by atoms with Crippen LogP contribution in [0.4, 0.5) is 0 Å². The third-order valence-corrected chi connectivity index (χ3v) is 6.96. The van der Waals surface area contributed by atoms with Crippen LogP contribution in [-0.4, -0.2) is 132 Å². The average molecular weight is 597 g/mol. The predicted molar refractivity (Wildman–Crippen MR) is 141 cm³/mol. The number of carbonyl (C=O) groups excluding carboxylic acids is 1. The lowest BCUT2D eigenvalue weighted by atomic mass is 10.1. The summed E-state index contributed by atoms with van der Waals surface area (Å²) in [4.78, 5) is 78.8. The molecule has 0 aromatic carbocycles. The molecule has 0 saturated heterocycles. The van der Waals surface area contributed by atoms with E-state index in [0.717, 1.165) is 0 Å². The van der Waals surface area contributed by atoms with Gasteiger partial charge in [0.1, 0.15) is 18.1 Å². The first kappa shape index (κ1) is 34.1. The molecule has 1 aromatic rings. The van der Waals surface area contributed by atoms with E-state index in [0.29, 0.717) is 11.4 Å². The van der Waals surface area contributed by atoms with Crippen molar-refractivity contribution < 1.29 is 59.0 Å². The number of hydrogen-bond donors (Lipinski definition) is 5. The molecule has 2 heterocycles. The van der Waals surface area contributed by atoms with E-state index in [9.17, 15) is 49.2 Å². The molecule has 3 unspecified atom stereocenters. The average Bonchev–Trinajstić information content (AvgIpc) is 2.90. The minimum absolute atomic E-state index is 0.00217. The quantitative estimate of drug-likeness (QED) is 0.121. The van der Waals surface area contributed by atoms with E-state index >= 15 is 0 Å². The van der Waals surface area contributed by atoms with Crippen LogP contribution in [0.2, 0.25) is 0 Å². The summed E-state index contributed by atoms with van der Waals surface area (Å²) in [5.41, 5.74) is 0.873. The van der Waals surface area contributed by atoms with Crippen LogP contribution in [0.15, 0.2) is 18.2 Å². The first-order chi connectivity index (χ1) is 19.9. The van der Waals surface area contributed by atoms with Gasteiger partial charge >= 0.3 is 29.8 Å². The van der Waals surface area contributed by atoms with Crippen LogP contribution in [0.1, 0.15) is 43.5 Å². The van der Waals surface area contributed by atoms with E-state index in [-0.39, 0.29) is 71.6 Å². The Morgan fingerprint density at radius 2 is 1.12 bits per heavy atom. The van der Waals surface area contributed by atoms with Crippen molar-refractivity contribution in [3.8, 4) is 0 Å². The number of aliphatic carboxylic acids is 5. The van der Waals surface area contributed by atoms with Crippen molar-refractivity contribution in [1.29, 1.82) is 0 Å². The molecular formula is C26H36N4O12. The van der Waals surface area contributed by atoms with E-state index in [1.165, 1.54) is 9.80 Å². The van der Waals surface area contributed by atoms with Crippen molar-refractivity contribution in [3.63, 3.8) is 0 Å². The molecule has 16 heteroatoms. The van der Waals surface area contributed by atoms with Crippen molar-refractivity contribution in [2.75, 3.05) is 32.8 Å². The number of aromatic nitrogens is 1. The van der Waals surface area contributed by atoms with E-state index in [2.05, 4.69) is 4.98 Å². The van der Waals surface area contributed by atoms with Crippen molar-refractivity contribution in [1.82, 2.24) is 19.7 Å². The molecular weight excluding hydrogens is 560 g/mol. The van der Waals surface area contributed by atoms with Gasteiger partial charge in [0.2, 0.25) is 0 Å². The Balaban J connectivity index is 2.53. The van der Waals surface area contributed by atoms with Crippen molar-refractivity contribution >= 4 is 36.3 Å². The molecule has 5 N–H and O–H groups in total. The van der Waals surface area contributed by atoms with Crippen LogP contribution in [0.5, 0.6) is 0 Å². The second-order valence-corrected chi connectivity index (χ2v) is 9.78. The largest absolute Gasteiger partial charge is 0.481 e. The maximum absolute atomic E-state index is 12.2. The zero-order valence-corrected chi connectivity index (χ0v) is 22.9. The number of hydrogen-bond acceptors (Lipinski definition) is 11. The Kier molecular flexibility index (Phi) is 13.7. The first-order valence-corrected chi connectivity index (χ1v) is 13.3. The van der Waals surface area contributed by atoms with Crippen molar-refractivity contribution in [2.45, 2.75) is 63.3 Å². The molecule has 0 radical (unpaired) electrons. The fourth-order valence-corrected chi connectivity index (χ4v) is 4.88. The van der Waals surface area contributed by atoms with Crippen LogP contribution in [0.25, 0.3) is 0 Å². The van der Waals surface area contributed by atoms with Gasteiger partial charge in [0.15, 0.2) is 0 Å². The SMILES string of the molecule is O=COCCC(C(=O)O)N1CCN(C(CCC(=O)O)C(=O)O)CCN(C(CCC(=O)O)C(=O)O)Cc2cccc(n2)C1. The molecule has 0 saturated carbocycles. The fourth-order valence-electron chi connectivity index (χ4n) is 4.88. The third kappa shape index (κ3) is 11.0. The third-order valence-electron chi connectivity index (χ3n) is 6.96. The van der Waals surface area contributed by atoms with E-state index in [1.807, 2.05) is 0 Å². The number of carbonyl (C=O) groups is 6. The standard InChI is InChI=1S/C26H36N4O12/c31-16-42-13-8-21(26(40)41)30-12-10-28(19(24(36)37)4-6-22(32)33)9-11-29(20(25(38)39)5-7-23(34)35)14-17-2-1-3-18(15-30)27-17/h1-3,16,19-21H,4-15H2,(H,32,33)(H,34,35)(H,36,37)(H,38,39)(H,40,41). The Labute approximate surface area is 241 Å². The molecule has 1 aromatic heterocycles. The molecule has 0 spiro atoms. The molecule has 0 aliphatic carbocycles. The number of carboxylic acids is 5. The molecule has 42 heavy (non-hydrogen) atoms. The number of rotatable bonds is 16. The van der Waals surface area contributed by atoms with Gasteiger partial charge < -0.3 is 30.3 Å². The smallest absolute Gasteiger partial charge is 0.321 e. The second-order valence-electron chi connectivity index (χ2n) is 9.78. The van der Waals surface area contributed by atoms with Crippen molar-refractivity contribution in [2.24, 2.45) is 0 Å². The van der Waals surface area contributed by atoms with Crippen LogP contribution in [0, 0.1) is 0 Å². The lowest BCUT2D eigenvalue weighted by Crippen LogP contribution is -2.52. The zero-order valence-electron chi connectivity index (χ0n) is 22.9. The molecule has 1 aliphatic heterocycles. The van der Waals surface area contributed by atoms with E-state index < -0.39 is 60.8 Å².